The SMILES string of the molecule is C#CC(OC(C)=O)c1ccc(C)cc1C#CC(C)(C)O. The van der Waals surface area contributed by atoms with Crippen molar-refractivity contribution >= 4 is 5.97 Å². The Bertz CT molecular complexity index is 604. The van der Waals surface area contributed by atoms with Crippen molar-refractivity contribution in [2.45, 2.75) is 39.4 Å². The highest BCUT2D eigenvalue weighted by Crippen LogP contribution is 2.22. The van der Waals surface area contributed by atoms with Crippen LogP contribution in [0.15, 0.2) is 18.2 Å². The van der Waals surface area contributed by atoms with Crippen LogP contribution in [0.3, 0.4) is 0 Å². The van der Waals surface area contributed by atoms with Crippen LogP contribution < -0.4 is 0 Å². The maximum Gasteiger partial charge on any atom is 0.304 e. The molecule has 1 aromatic rings. The Hall–Kier alpha value is -2.23. The summed E-state index contributed by atoms with van der Waals surface area (Å²) in [7, 11) is 0. The quantitative estimate of drug-likeness (QED) is 0.663. The van der Waals surface area contributed by atoms with Crippen LogP contribution in [0.25, 0.3) is 0 Å². The standard InChI is InChI=1S/C17H18O3/c1-6-16(20-13(3)18)15-8-7-12(2)11-14(15)9-10-17(4,5)19/h1,7-8,11,16,19H,2-5H3. The number of carbonyl (C=O) groups excluding carboxylic acids is 1. The molecule has 0 radical (unpaired) electrons. The molecular formula is C17H18O3. The monoisotopic (exact) mass is 270 g/mol. The number of rotatable bonds is 2. The van der Waals surface area contributed by atoms with Gasteiger partial charge in [0.2, 0.25) is 0 Å². The molecule has 0 saturated heterocycles. The molecule has 0 bridgehead atoms. The zero-order valence-corrected chi connectivity index (χ0v) is 12.2. The van der Waals surface area contributed by atoms with Crippen LogP contribution in [-0.2, 0) is 9.53 Å². The Labute approximate surface area is 120 Å². The second-order valence-electron chi connectivity index (χ2n) is 5.06. The summed E-state index contributed by atoms with van der Waals surface area (Å²) in [5, 5.41) is 9.68. The minimum absolute atomic E-state index is 0.449. The lowest BCUT2D eigenvalue weighted by molar-refractivity contribution is -0.144. The van der Waals surface area contributed by atoms with Gasteiger partial charge in [-0.05, 0) is 32.4 Å². The first-order valence-corrected chi connectivity index (χ1v) is 6.22. The fourth-order valence-corrected chi connectivity index (χ4v) is 1.58. The van der Waals surface area contributed by atoms with Gasteiger partial charge >= 0.3 is 5.97 Å². The largest absolute Gasteiger partial charge is 0.444 e. The number of esters is 1. The molecule has 1 rings (SSSR count). The molecule has 0 aliphatic rings. The molecule has 0 amide bonds. The number of ether oxygens (including phenoxy) is 1. The van der Waals surface area contributed by atoms with Crippen molar-refractivity contribution in [2.75, 3.05) is 0 Å². The summed E-state index contributed by atoms with van der Waals surface area (Å²) < 4.78 is 5.09. The van der Waals surface area contributed by atoms with Crippen molar-refractivity contribution in [3.8, 4) is 24.2 Å². The van der Waals surface area contributed by atoms with Gasteiger partial charge in [-0.1, -0.05) is 29.9 Å². The van der Waals surface area contributed by atoms with Gasteiger partial charge in [0.1, 0.15) is 5.60 Å². The van der Waals surface area contributed by atoms with Crippen LogP contribution in [0.2, 0.25) is 0 Å². The first kappa shape index (κ1) is 15.8. The van der Waals surface area contributed by atoms with E-state index < -0.39 is 17.7 Å². The summed E-state index contributed by atoms with van der Waals surface area (Å²) in [5.41, 5.74) is 1.20. The Morgan fingerprint density at radius 3 is 2.60 bits per heavy atom. The summed E-state index contributed by atoms with van der Waals surface area (Å²) in [6, 6.07) is 5.51. The van der Waals surface area contributed by atoms with E-state index in [9.17, 15) is 9.90 Å². The van der Waals surface area contributed by atoms with Gasteiger partial charge in [0.05, 0.1) is 0 Å². The second kappa shape index (κ2) is 6.28. The lowest BCUT2D eigenvalue weighted by Crippen LogP contribution is -2.15. The molecule has 1 atom stereocenters. The molecule has 0 aliphatic heterocycles. The van der Waals surface area contributed by atoms with E-state index >= 15 is 0 Å². The summed E-state index contributed by atoms with van der Waals surface area (Å²) in [6.07, 6.45) is 4.64. The molecule has 0 heterocycles. The number of carbonyl (C=O) groups is 1. The van der Waals surface area contributed by atoms with Crippen molar-refractivity contribution in [1.29, 1.82) is 0 Å². The van der Waals surface area contributed by atoms with Gasteiger partial charge < -0.3 is 9.84 Å². The van der Waals surface area contributed by atoms with Gasteiger partial charge in [0.15, 0.2) is 6.10 Å². The van der Waals surface area contributed by atoms with Gasteiger partial charge in [-0.25, -0.2) is 0 Å². The zero-order chi connectivity index (χ0) is 15.3. The first-order chi connectivity index (χ1) is 9.23. The maximum absolute atomic E-state index is 11.1. The topological polar surface area (TPSA) is 46.5 Å². The highest BCUT2D eigenvalue weighted by atomic mass is 16.5. The average Bonchev–Trinajstić information content (AvgIpc) is 2.33. The van der Waals surface area contributed by atoms with E-state index in [0.29, 0.717) is 11.1 Å². The van der Waals surface area contributed by atoms with Crippen LogP contribution in [0.1, 0.15) is 43.6 Å². The fourth-order valence-electron chi connectivity index (χ4n) is 1.58. The van der Waals surface area contributed by atoms with E-state index in [0.717, 1.165) is 5.56 Å². The summed E-state index contributed by atoms with van der Waals surface area (Å²) in [5.74, 6) is 7.61. The Balaban J connectivity index is 3.29. The third kappa shape index (κ3) is 4.80. The minimum atomic E-state index is -1.10. The molecule has 104 valence electrons. The Morgan fingerprint density at radius 1 is 1.45 bits per heavy atom. The lowest BCUT2D eigenvalue weighted by Gasteiger charge is -2.14. The van der Waals surface area contributed by atoms with Crippen LogP contribution >= 0.6 is 0 Å². The van der Waals surface area contributed by atoms with E-state index in [1.807, 2.05) is 19.1 Å². The molecule has 20 heavy (non-hydrogen) atoms. The van der Waals surface area contributed by atoms with Crippen LogP contribution in [-0.4, -0.2) is 16.7 Å². The van der Waals surface area contributed by atoms with Crippen molar-refractivity contribution in [3.63, 3.8) is 0 Å². The minimum Gasteiger partial charge on any atom is -0.444 e. The Kier molecular flexibility index (Phi) is 4.97. The number of benzene rings is 1. The zero-order valence-electron chi connectivity index (χ0n) is 12.2. The van der Waals surface area contributed by atoms with E-state index in [1.165, 1.54) is 6.92 Å². The predicted molar refractivity (Wildman–Crippen MR) is 77.7 cm³/mol. The number of terminal acetylenes is 1. The van der Waals surface area contributed by atoms with Crippen molar-refractivity contribution in [1.82, 2.24) is 0 Å². The first-order valence-electron chi connectivity index (χ1n) is 6.22. The highest BCUT2D eigenvalue weighted by Gasteiger charge is 2.15. The normalized spacial score (nSPS) is 11.8. The molecule has 1 N–H and O–H groups in total. The van der Waals surface area contributed by atoms with Crippen LogP contribution in [0.5, 0.6) is 0 Å². The molecule has 0 saturated carbocycles. The fraction of sp³-hybridized carbons (Fsp3) is 0.353. The molecule has 1 aromatic carbocycles. The smallest absolute Gasteiger partial charge is 0.304 e. The third-order valence-electron chi connectivity index (χ3n) is 2.43. The van der Waals surface area contributed by atoms with Crippen molar-refractivity contribution in [3.05, 3.63) is 34.9 Å². The summed E-state index contributed by atoms with van der Waals surface area (Å²) in [4.78, 5) is 11.1. The van der Waals surface area contributed by atoms with Gasteiger partial charge in [-0.2, -0.15) is 0 Å². The Morgan fingerprint density at radius 2 is 2.10 bits per heavy atom. The van der Waals surface area contributed by atoms with Gasteiger partial charge in [0, 0.05) is 18.1 Å². The molecule has 3 nitrogen and oxygen atoms in total. The van der Waals surface area contributed by atoms with E-state index in [1.54, 1.807) is 19.9 Å². The van der Waals surface area contributed by atoms with Gasteiger partial charge in [-0.3, -0.25) is 4.79 Å². The van der Waals surface area contributed by atoms with Crippen LogP contribution in [0.4, 0.5) is 0 Å². The van der Waals surface area contributed by atoms with Crippen molar-refractivity contribution in [2.24, 2.45) is 0 Å². The molecule has 0 fully saturated rings. The number of aliphatic hydroxyl groups is 1. The lowest BCUT2D eigenvalue weighted by atomic mass is 9.99. The predicted octanol–water partition coefficient (Wildman–Crippen LogP) is 2.35. The van der Waals surface area contributed by atoms with E-state index in [4.69, 9.17) is 11.2 Å². The number of hydrogen-bond donors (Lipinski definition) is 1. The molecule has 1 unspecified atom stereocenters. The van der Waals surface area contributed by atoms with Crippen LogP contribution in [0, 0.1) is 31.1 Å². The molecule has 0 aromatic heterocycles. The molecule has 0 aliphatic carbocycles. The number of hydrogen-bond acceptors (Lipinski definition) is 3. The molecule has 0 spiro atoms. The summed E-state index contributed by atoms with van der Waals surface area (Å²) >= 11 is 0. The second-order valence-corrected chi connectivity index (χ2v) is 5.06. The average molecular weight is 270 g/mol. The van der Waals surface area contributed by atoms with E-state index in [-0.39, 0.29) is 0 Å². The maximum atomic E-state index is 11.1. The number of aryl methyl sites for hydroxylation is 1. The summed E-state index contributed by atoms with van der Waals surface area (Å²) in [6.45, 7) is 6.43. The molecule has 3 heteroatoms. The van der Waals surface area contributed by atoms with Gasteiger partial charge in [-0.15, -0.1) is 6.42 Å². The molecular weight excluding hydrogens is 252 g/mol. The van der Waals surface area contributed by atoms with Crippen molar-refractivity contribution < 1.29 is 14.6 Å². The highest BCUT2D eigenvalue weighted by molar-refractivity contribution is 5.67. The third-order valence-corrected chi connectivity index (χ3v) is 2.43. The van der Waals surface area contributed by atoms with E-state index in [2.05, 4.69) is 17.8 Å². The van der Waals surface area contributed by atoms with Gasteiger partial charge in [0.25, 0.3) is 0 Å².